The van der Waals surface area contributed by atoms with Gasteiger partial charge in [0.25, 0.3) is 0 Å². The Kier molecular flexibility index (Phi) is 4.55. The van der Waals surface area contributed by atoms with E-state index in [1.165, 1.54) is 18.7 Å². The van der Waals surface area contributed by atoms with Crippen molar-refractivity contribution < 1.29 is 0 Å². The quantitative estimate of drug-likeness (QED) is 0.896. The molecule has 1 saturated heterocycles. The fourth-order valence-corrected chi connectivity index (χ4v) is 3.13. The molecule has 0 radical (unpaired) electrons. The molecule has 1 N–H and O–H groups in total. The molecule has 2 rings (SSSR count). The van der Waals surface area contributed by atoms with Crippen LogP contribution in [0.3, 0.4) is 0 Å². The lowest BCUT2D eigenvalue weighted by Gasteiger charge is -2.52. The minimum absolute atomic E-state index is 0.221. The van der Waals surface area contributed by atoms with Gasteiger partial charge in [-0.2, -0.15) is 0 Å². The third kappa shape index (κ3) is 3.07. The second kappa shape index (κ2) is 5.86. The summed E-state index contributed by atoms with van der Waals surface area (Å²) < 4.78 is 2.13. The highest BCUT2D eigenvalue weighted by molar-refractivity contribution is 5.02. The molecule has 0 bridgehead atoms. The summed E-state index contributed by atoms with van der Waals surface area (Å²) in [5, 5.41) is 3.79. The van der Waals surface area contributed by atoms with Crippen LogP contribution in [0.4, 0.5) is 0 Å². The van der Waals surface area contributed by atoms with Crippen LogP contribution < -0.4 is 5.32 Å². The number of imidazole rings is 1. The van der Waals surface area contributed by atoms with Crippen molar-refractivity contribution >= 4 is 0 Å². The van der Waals surface area contributed by atoms with Crippen LogP contribution in [-0.2, 0) is 13.5 Å². The van der Waals surface area contributed by atoms with E-state index < -0.39 is 0 Å². The standard InChI is InChI=1S/C16H30N4/c1-6-16(7-2)13-20(15(3,4)12-18-16)10-8-14-17-9-11-19(14)5/h9,11,18H,6-8,10,12-13H2,1-5H3. The highest BCUT2D eigenvalue weighted by atomic mass is 15.3. The Hall–Kier alpha value is -0.870. The first-order chi connectivity index (χ1) is 9.42. The molecule has 4 heteroatoms. The molecule has 0 aromatic carbocycles. The van der Waals surface area contributed by atoms with Gasteiger partial charge in [0.05, 0.1) is 0 Å². The first-order valence-corrected chi connectivity index (χ1v) is 7.89. The second-order valence-corrected chi connectivity index (χ2v) is 6.78. The molecule has 1 aliphatic rings. The molecular weight excluding hydrogens is 248 g/mol. The zero-order valence-corrected chi connectivity index (χ0v) is 13.7. The summed E-state index contributed by atoms with van der Waals surface area (Å²) in [5.41, 5.74) is 0.510. The topological polar surface area (TPSA) is 33.1 Å². The Labute approximate surface area is 123 Å². The number of aryl methyl sites for hydroxylation is 1. The lowest BCUT2D eigenvalue weighted by molar-refractivity contribution is 0.0231. The monoisotopic (exact) mass is 278 g/mol. The van der Waals surface area contributed by atoms with Gasteiger partial charge in [-0.15, -0.1) is 0 Å². The number of hydrogen-bond acceptors (Lipinski definition) is 3. The van der Waals surface area contributed by atoms with Crippen molar-refractivity contribution in [3.05, 3.63) is 18.2 Å². The number of hydrogen-bond donors (Lipinski definition) is 1. The second-order valence-electron chi connectivity index (χ2n) is 6.78. The van der Waals surface area contributed by atoms with E-state index in [2.05, 4.69) is 54.5 Å². The van der Waals surface area contributed by atoms with Crippen LogP contribution in [0.2, 0.25) is 0 Å². The molecular formula is C16H30N4. The van der Waals surface area contributed by atoms with E-state index in [1.54, 1.807) is 0 Å². The molecule has 1 aromatic heterocycles. The van der Waals surface area contributed by atoms with E-state index in [0.717, 1.165) is 26.1 Å². The van der Waals surface area contributed by atoms with Crippen molar-refractivity contribution in [1.29, 1.82) is 0 Å². The molecule has 0 spiro atoms. The minimum Gasteiger partial charge on any atom is -0.338 e. The Balaban J connectivity index is 2.04. The largest absolute Gasteiger partial charge is 0.338 e. The molecule has 0 atom stereocenters. The molecule has 4 nitrogen and oxygen atoms in total. The van der Waals surface area contributed by atoms with Crippen LogP contribution >= 0.6 is 0 Å². The number of aromatic nitrogens is 2. The number of piperazine rings is 1. The van der Waals surface area contributed by atoms with Crippen LogP contribution in [0.5, 0.6) is 0 Å². The summed E-state index contributed by atoms with van der Waals surface area (Å²) in [7, 11) is 2.08. The molecule has 114 valence electrons. The van der Waals surface area contributed by atoms with Gasteiger partial charge in [0.2, 0.25) is 0 Å². The highest BCUT2D eigenvalue weighted by Crippen LogP contribution is 2.28. The van der Waals surface area contributed by atoms with Gasteiger partial charge in [0.1, 0.15) is 5.82 Å². The van der Waals surface area contributed by atoms with Crippen molar-refractivity contribution in [2.75, 3.05) is 19.6 Å². The molecule has 2 heterocycles. The van der Waals surface area contributed by atoms with Gasteiger partial charge in [0.15, 0.2) is 0 Å². The predicted octanol–water partition coefficient (Wildman–Crippen LogP) is 2.21. The van der Waals surface area contributed by atoms with Gasteiger partial charge in [-0.25, -0.2) is 4.98 Å². The van der Waals surface area contributed by atoms with Gasteiger partial charge in [-0.1, -0.05) is 13.8 Å². The number of rotatable bonds is 5. The van der Waals surface area contributed by atoms with Gasteiger partial charge in [-0.3, -0.25) is 4.90 Å². The normalized spacial score (nSPS) is 22.1. The van der Waals surface area contributed by atoms with Crippen LogP contribution in [0.25, 0.3) is 0 Å². The van der Waals surface area contributed by atoms with Crippen molar-refractivity contribution in [2.24, 2.45) is 7.05 Å². The molecule has 0 aliphatic carbocycles. The van der Waals surface area contributed by atoms with Crippen molar-refractivity contribution in [3.63, 3.8) is 0 Å². The Morgan fingerprint density at radius 1 is 1.30 bits per heavy atom. The zero-order chi connectivity index (χ0) is 14.8. The molecule has 0 unspecified atom stereocenters. The summed E-state index contributed by atoms with van der Waals surface area (Å²) in [4.78, 5) is 7.09. The van der Waals surface area contributed by atoms with E-state index in [4.69, 9.17) is 0 Å². The van der Waals surface area contributed by atoms with E-state index in [0.29, 0.717) is 0 Å². The predicted molar refractivity (Wildman–Crippen MR) is 83.9 cm³/mol. The zero-order valence-electron chi connectivity index (χ0n) is 13.7. The average molecular weight is 278 g/mol. The molecule has 1 aliphatic heterocycles. The Bertz CT molecular complexity index is 431. The Morgan fingerprint density at radius 2 is 2.00 bits per heavy atom. The molecule has 0 amide bonds. The third-order valence-corrected chi connectivity index (χ3v) is 5.13. The Morgan fingerprint density at radius 3 is 2.55 bits per heavy atom. The molecule has 1 fully saturated rings. The maximum Gasteiger partial charge on any atom is 0.109 e. The third-order valence-electron chi connectivity index (χ3n) is 5.13. The van der Waals surface area contributed by atoms with Crippen molar-refractivity contribution in [2.45, 2.75) is 58.0 Å². The van der Waals surface area contributed by atoms with Gasteiger partial charge < -0.3 is 9.88 Å². The average Bonchev–Trinajstić information content (AvgIpc) is 2.83. The van der Waals surface area contributed by atoms with Crippen LogP contribution in [0, 0.1) is 0 Å². The van der Waals surface area contributed by atoms with Crippen molar-refractivity contribution in [3.8, 4) is 0 Å². The fourth-order valence-electron chi connectivity index (χ4n) is 3.13. The van der Waals surface area contributed by atoms with E-state index in [-0.39, 0.29) is 11.1 Å². The lowest BCUT2D eigenvalue weighted by atomic mass is 9.85. The van der Waals surface area contributed by atoms with Crippen LogP contribution in [-0.4, -0.2) is 45.2 Å². The lowest BCUT2D eigenvalue weighted by Crippen LogP contribution is -2.68. The first kappa shape index (κ1) is 15.5. The molecule has 0 saturated carbocycles. The summed E-state index contributed by atoms with van der Waals surface area (Å²) >= 11 is 0. The maximum absolute atomic E-state index is 4.45. The van der Waals surface area contributed by atoms with E-state index in [9.17, 15) is 0 Å². The highest BCUT2D eigenvalue weighted by Gasteiger charge is 2.40. The van der Waals surface area contributed by atoms with Gasteiger partial charge in [-0.05, 0) is 26.7 Å². The number of nitrogens with zero attached hydrogens (tertiary/aromatic N) is 3. The van der Waals surface area contributed by atoms with Gasteiger partial charge >= 0.3 is 0 Å². The summed E-state index contributed by atoms with van der Waals surface area (Å²) in [5.74, 6) is 1.18. The van der Waals surface area contributed by atoms with E-state index >= 15 is 0 Å². The smallest absolute Gasteiger partial charge is 0.109 e. The van der Waals surface area contributed by atoms with Crippen molar-refractivity contribution in [1.82, 2.24) is 19.8 Å². The fraction of sp³-hybridized carbons (Fsp3) is 0.812. The summed E-state index contributed by atoms with van der Waals surface area (Å²) in [6, 6.07) is 0. The van der Waals surface area contributed by atoms with Crippen LogP contribution in [0.1, 0.15) is 46.4 Å². The molecule has 1 aromatic rings. The summed E-state index contributed by atoms with van der Waals surface area (Å²) in [6.45, 7) is 12.6. The maximum atomic E-state index is 4.45. The van der Waals surface area contributed by atoms with E-state index in [1.807, 2.05) is 12.4 Å². The van der Waals surface area contributed by atoms with Gasteiger partial charge in [0, 0.05) is 56.6 Å². The van der Waals surface area contributed by atoms with Crippen LogP contribution in [0.15, 0.2) is 12.4 Å². The SMILES string of the molecule is CCC1(CC)CN(CCc2nccn2C)C(C)(C)CN1. The molecule has 20 heavy (non-hydrogen) atoms. The number of nitrogens with one attached hydrogen (secondary N) is 1. The first-order valence-electron chi connectivity index (χ1n) is 7.89. The minimum atomic E-state index is 0.221. The summed E-state index contributed by atoms with van der Waals surface area (Å²) in [6.07, 6.45) is 7.33.